The van der Waals surface area contributed by atoms with Gasteiger partial charge in [0.2, 0.25) is 5.82 Å². The summed E-state index contributed by atoms with van der Waals surface area (Å²) in [7, 11) is 0. The molecule has 1 aromatic carbocycles. The Morgan fingerprint density at radius 3 is 1.47 bits per heavy atom. The first-order chi connectivity index (χ1) is 8.77. The molecule has 0 unspecified atom stereocenters. The second kappa shape index (κ2) is 4.21. The Hall–Kier alpha value is -2.13. The topological polar surface area (TPSA) is 17.8 Å². The van der Waals surface area contributed by atoms with Crippen LogP contribution in [-0.4, -0.2) is 9.77 Å². The first kappa shape index (κ1) is 13.3. The molecule has 0 aliphatic carbocycles. The van der Waals surface area contributed by atoms with Gasteiger partial charge in [0, 0.05) is 0 Å². The minimum Gasteiger partial charge on any atom is -0.203 e. The number of halogens is 8. The average Bonchev–Trinajstić information content (AvgIpc) is 2.62. The third kappa shape index (κ3) is 1.74. The average molecular weight is 288 g/mol. The van der Waals surface area contributed by atoms with Crippen LogP contribution < -0.4 is 0 Å². The lowest BCUT2D eigenvalue weighted by molar-refractivity contribution is 0.288. The molecule has 0 aliphatic heterocycles. The summed E-state index contributed by atoms with van der Waals surface area (Å²) in [6.45, 7) is 0. The molecule has 2 aromatic rings. The number of hydrogen-bond acceptors (Lipinski definition) is 1. The van der Waals surface area contributed by atoms with Gasteiger partial charge in [-0.2, -0.15) is 13.8 Å². The third-order valence-corrected chi connectivity index (χ3v) is 2.17. The van der Waals surface area contributed by atoms with E-state index in [9.17, 15) is 35.2 Å². The van der Waals surface area contributed by atoms with Crippen LogP contribution in [0.3, 0.4) is 0 Å². The summed E-state index contributed by atoms with van der Waals surface area (Å²) >= 11 is 0. The SMILES string of the molecule is Fc1nc(-c2c(F)c(F)c(F)c(F)c2F)n(F)c1F. The molecule has 2 rings (SSSR count). The van der Waals surface area contributed by atoms with Crippen LogP contribution in [0.25, 0.3) is 11.4 Å². The van der Waals surface area contributed by atoms with Crippen LogP contribution in [0, 0.1) is 41.0 Å². The molecule has 0 aliphatic rings. The monoisotopic (exact) mass is 288 g/mol. The molecule has 0 spiro atoms. The Morgan fingerprint density at radius 1 is 0.684 bits per heavy atom. The highest BCUT2D eigenvalue weighted by Gasteiger charge is 2.31. The minimum atomic E-state index is -2.49. The van der Waals surface area contributed by atoms with E-state index < -0.39 is 57.2 Å². The summed E-state index contributed by atoms with van der Waals surface area (Å²) in [6, 6.07) is 0. The van der Waals surface area contributed by atoms with Crippen molar-refractivity contribution in [1.82, 2.24) is 9.77 Å². The lowest BCUT2D eigenvalue weighted by atomic mass is 10.1. The number of imidazole rings is 1. The third-order valence-electron chi connectivity index (χ3n) is 2.17. The Balaban J connectivity index is 2.87. The predicted octanol–water partition coefficient (Wildman–Crippen LogP) is 3.26. The van der Waals surface area contributed by atoms with Gasteiger partial charge >= 0.3 is 0 Å². The van der Waals surface area contributed by atoms with Gasteiger partial charge in [-0.3, -0.25) is 0 Å². The molecule has 0 N–H and O–H groups in total. The van der Waals surface area contributed by atoms with Crippen molar-refractivity contribution in [3.63, 3.8) is 0 Å². The molecule has 0 amide bonds. The maximum absolute atomic E-state index is 13.2. The van der Waals surface area contributed by atoms with E-state index in [1.807, 2.05) is 0 Å². The van der Waals surface area contributed by atoms with E-state index in [1.165, 1.54) is 0 Å². The van der Waals surface area contributed by atoms with Crippen molar-refractivity contribution >= 4 is 0 Å². The highest BCUT2D eigenvalue weighted by Crippen LogP contribution is 2.31. The van der Waals surface area contributed by atoms with Gasteiger partial charge < -0.3 is 0 Å². The summed E-state index contributed by atoms with van der Waals surface area (Å²) in [4.78, 5) is 1.15. The van der Waals surface area contributed by atoms with Crippen LogP contribution in [0.2, 0.25) is 0 Å². The Morgan fingerprint density at radius 2 is 1.11 bits per heavy atom. The van der Waals surface area contributed by atoms with Crippen LogP contribution in [-0.2, 0) is 0 Å². The van der Waals surface area contributed by atoms with Gasteiger partial charge in [0.05, 0.1) is 5.56 Å². The van der Waals surface area contributed by atoms with Crippen molar-refractivity contribution in [2.24, 2.45) is 0 Å². The van der Waals surface area contributed by atoms with Crippen LogP contribution in [0.15, 0.2) is 0 Å². The van der Waals surface area contributed by atoms with Gasteiger partial charge in [0.15, 0.2) is 29.1 Å². The number of hydrogen-bond donors (Lipinski definition) is 0. The van der Waals surface area contributed by atoms with E-state index in [1.54, 1.807) is 0 Å². The molecule has 102 valence electrons. The fraction of sp³-hybridized carbons (Fsp3) is 0. The maximum Gasteiger partial charge on any atom is 0.279 e. The Labute approximate surface area is 98.4 Å². The summed E-state index contributed by atoms with van der Waals surface area (Å²) in [5.74, 6) is -18.3. The van der Waals surface area contributed by atoms with Crippen molar-refractivity contribution in [3.8, 4) is 11.4 Å². The lowest BCUT2D eigenvalue weighted by Crippen LogP contribution is -2.06. The maximum atomic E-state index is 13.2. The van der Waals surface area contributed by atoms with Gasteiger partial charge in [-0.1, -0.05) is 4.48 Å². The zero-order valence-electron chi connectivity index (χ0n) is 8.42. The van der Waals surface area contributed by atoms with Gasteiger partial charge in [0.1, 0.15) is 0 Å². The molecule has 0 saturated heterocycles. The fourth-order valence-electron chi connectivity index (χ4n) is 1.31. The highest BCUT2D eigenvalue weighted by molar-refractivity contribution is 5.58. The largest absolute Gasteiger partial charge is 0.279 e. The van der Waals surface area contributed by atoms with Gasteiger partial charge in [-0.25, -0.2) is 22.0 Å². The van der Waals surface area contributed by atoms with E-state index in [2.05, 4.69) is 4.98 Å². The first-order valence-corrected chi connectivity index (χ1v) is 4.39. The van der Waals surface area contributed by atoms with Crippen molar-refractivity contribution in [1.29, 1.82) is 0 Å². The van der Waals surface area contributed by atoms with Crippen molar-refractivity contribution in [2.75, 3.05) is 0 Å². The Bertz CT molecular complexity index is 649. The van der Waals surface area contributed by atoms with Gasteiger partial charge in [-0.05, 0) is 0 Å². The molecular weight excluding hydrogens is 288 g/mol. The van der Waals surface area contributed by atoms with Crippen LogP contribution in [0.4, 0.5) is 35.2 Å². The highest BCUT2D eigenvalue weighted by atomic mass is 19.2. The normalized spacial score (nSPS) is 11.2. The molecule has 10 heteroatoms. The second-order valence-electron chi connectivity index (χ2n) is 3.24. The molecule has 0 radical (unpaired) electrons. The lowest BCUT2D eigenvalue weighted by Gasteiger charge is -2.06. The van der Waals surface area contributed by atoms with Gasteiger partial charge in [-0.15, -0.1) is 4.79 Å². The predicted molar refractivity (Wildman–Crippen MR) is 43.9 cm³/mol. The molecule has 1 heterocycles. The number of rotatable bonds is 1. The number of benzene rings is 1. The van der Waals surface area contributed by atoms with E-state index in [4.69, 9.17) is 0 Å². The summed E-state index contributed by atoms with van der Waals surface area (Å²) in [6.07, 6.45) is 0. The van der Waals surface area contributed by atoms with E-state index in [0.29, 0.717) is 0 Å². The molecule has 1 aromatic heterocycles. The summed E-state index contributed by atoms with van der Waals surface area (Å²) in [5.41, 5.74) is -1.87. The molecule has 19 heavy (non-hydrogen) atoms. The van der Waals surface area contributed by atoms with Crippen molar-refractivity contribution in [3.05, 3.63) is 41.0 Å². The van der Waals surface area contributed by atoms with Crippen LogP contribution >= 0.6 is 0 Å². The molecule has 0 saturated carbocycles. The Kier molecular flexibility index (Phi) is 2.95. The van der Waals surface area contributed by atoms with E-state index >= 15 is 0 Å². The van der Waals surface area contributed by atoms with E-state index in [-0.39, 0.29) is 0 Å². The van der Waals surface area contributed by atoms with Crippen molar-refractivity contribution in [2.45, 2.75) is 0 Å². The van der Waals surface area contributed by atoms with Crippen molar-refractivity contribution < 1.29 is 35.2 Å². The zero-order chi connectivity index (χ0) is 14.5. The molecule has 0 bridgehead atoms. The standard InChI is InChI=1S/C9F8N2/c10-2-1(3(11)5(13)6(14)4(2)12)9-18-7(15)8(16)19(9)17. The van der Waals surface area contributed by atoms with Crippen LogP contribution in [0.1, 0.15) is 0 Å². The molecule has 2 nitrogen and oxygen atoms in total. The first-order valence-electron chi connectivity index (χ1n) is 4.39. The smallest absolute Gasteiger partial charge is 0.203 e. The number of aromatic nitrogens is 2. The fourth-order valence-corrected chi connectivity index (χ4v) is 1.31. The summed E-state index contributed by atoms with van der Waals surface area (Å²) in [5, 5.41) is 0. The molecule has 0 atom stereocenters. The second-order valence-corrected chi connectivity index (χ2v) is 3.24. The quantitative estimate of drug-likeness (QED) is 0.447. The molecular formula is C9F8N2. The molecule has 0 fully saturated rings. The number of nitrogens with zero attached hydrogens (tertiary/aromatic N) is 2. The van der Waals surface area contributed by atoms with Crippen LogP contribution in [0.5, 0.6) is 0 Å². The minimum absolute atomic E-state index is 1.27. The van der Waals surface area contributed by atoms with Gasteiger partial charge in [0.25, 0.3) is 11.9 Å². The van der Waals surface area contributed by atoms with E-state index in [0.717, 1.165) is 0 Å². The summed E-state index contributed by atoms with van der Waals surface area (Å²) < 4.78 is 103. The zero-order valence-corrected chi connectivity index (χ0v) is 8.42.